The van der Waals surface area contributed by atoms with E-state index in [4.69, 9.17) is 75.4 Å². The molecule has 0 amide bonds. The Morgan fingerprint density at radius 3 is 0.904 bits per heavy atom. The van der Waals surface area contributed by atoms with Crippen LogP contribution in [0.2, 0.25) is 0 Å². The number of aliphatic hydroxyl groups excluding tert-OH is 23. The van der Waals surface area contributed by atoms with E-state index in [1.165, 1.54) is 83.5 Å². The van der Waals surface area contributed by atoms with E-state index >= 15 is 0 Å². The number of ether oxygens (including phenoxy) is 14. The Morgan fingerprint density at radius 2 is 0.576 bits per heavy atom. The molecule has 732 valence electrons. The summed E-state index contributed by atoms with van der Waals surface area (Å²) in [5, 5.41) is 251. The van der Waals surface area contributed by atoms with E-state index in [0.29, 0.717) is 25.7 Å². The SMILES string of the molecule is CCCCCCCC/C=C\CCCCCCCC(=O)O[C@H](COC(=O)CCCCCCCCCCCCCCCCC)COP(=O)(O)O[C@@H]1C(O[C@@H]2OC(CO[C@@H]3OC(CO[C@@H]4OC(CO[C@@H]5OC(CO[C@@H]6OC(CO)[C@H](O)C(O)[C@@H]6O)[C@H](O)C(O)[C@@H]5O)[C@H](O)C(O)[C@@H]4O)[C@H](O)C(O)[C@@H]3O)[C@H](O)C(O)[C@@H]2O)C(O)[C@@H](O)C(O)[C@H]1O[C@H]1OC(CO)[C@@H](O)C(O)[C@H]1O. The maximum Gasteiger partial charge on any atom is 0.472 e. The zero-order valence-corrected chi connectivity index (χ0v) is 72.2. The number of phosphoric acid groups is 1. The lowest BCUT2D eigenvalue weighted by Crippen LogP contribution is -2.69. The molecule has 0 aromatic rings. The van der Waals surface area contributed by atoms with Crippen molar-refractivity contribution in [1.82, 2.24) is 0 Å². The predicted octanol–water partition coefficient (Wildman–Crippen LogP) is -3.99. The molecule has 0 spiro atoms. The standard InChI is InChI=1S/C81H145O43P/c1-3-5-7-9-11-13-15-17-19-21-23-25-27-29-31-33-50(84)109-37-43(115-51(85)34-32-30-28-26-24-22-20-18-16-14-12-10-8-6-4-2)38-114-125(107,108)124-75-73(122-80-71(105)59(93)53(87)45(36-83)117-80)65(99)64(98)66(100)74(75)123-81-72(106)63(97)57(91)49(121-81)42-113-79-70(104)62(96)56(90)48(120-79)41-112-78-69(103)61(95)55(89)47(119-78)40-111-77-68(102)60(94)54(88)46(118-77)39-110-76-67(101)58(92)52(86)44(35-82)116-76/h18,20,43-49,52-83,86-106H,3-17,19,21-42H2,1-2H3,(H,107,108)/b20-18-/t43-,44?,45?,46?,47?,48?,49?,52+,53-,54+,55+,56+,57+,58?,59?,60?,61?,62?,63?,64+,65?,66?,67+,68+,69+,70+,71-,72+,73-,74?,75+,76-,77-,78-,79-,80-,81+/m1/s1. The second kappa shape index (κ2) is 56.5. The predicted molar refractivity (Wildman–Crippen MR) is 426 cm³/mol. The summed E-state index contributed by atoms with van der Waals surface area (Å²) in [6.45, 7) is -2.90. The monoisotopic (exact) mass is 1840 g/mol. The number of hydrogen-bond donors (Lipinski definition) is 24. The molecule has 24 N–H and O–H groups in total. The number of unbranched alkanes of at least 4 members (excludes halogenated alkanes) is 25. The highest BCUT2D eigenvalue weighted by molar-refractivity contribution is 7.47. The van der Waals surface area contributed by atoms with E-state index in [1.54, 1.807) is 0 Å². The fourth-order valence-corrected chi connectivity index (χ4v) is 16.7. The van der Waals surface area contributed by atoms with Crippen molar-refractivity contribution in [1.29, 1.82) is 0 Å². The third kappa shape index (κ3) is 33.5. The molecule has 44 heteroatoms. The number of phosphoric ester groups is 1. The molecule has 125 heavy (non-hydrogen) atoms. The third-order valence-corrected chi connectivity index (χ3v) is 24.7. The molecule has 7 aliphatic rings. The van der Waals surface area contributed by atoms with Crippen LogP contribution in [0.25, 0.3) is 0 Å². The van der Waals surface area contributed by atoms with Gasteiger partial charge in [-0.2, -0.15) is 0 Å². The molecule has 1 saturated carbocycles. The average Bonchev–Trinajstić information content (AvgIpc) is 0.788. The summed E-state index contributed by atoms with van der Waals surface area (Å²) in [7, 11) is -5.89. The van der Waals surface area contributed by atoms with Gasteiger partial charge in [0.15, 0.2) is 43.8 Å². The first kappa shape index (κ1) is 109. The quantitative estimate of drug-likeness (QED) is 0.0119. The van der Waals surface area contributed by atoms with Crippen LogP contribution < -0.4 is 0 Å². The van der Waals surface area contributed by atoms with Crippen molar-refractivity contribution in [3.05, 3.63) is 12.2 Å². The van der Waals surface area contributed by atoms with Gasteiger partial charge in [0, 0.05) is 12.8 Å². The summed E-state index contributed by atoms with van der Waals surface area (Å²) in [6, 6.07) is 0. The lowest BCUT2D eigenvalue weighted by atomic mass is 9.84. The molecule has 6 heterocycles. The second-order valence-electron chi connectivity index (χ2n) is 33.6. The minimum Gasteiger partial charge on any atom is -0.462 e. The Balaban J connectivity index is 0.998. The van der Waals surface area contributed by atoms with Crippen molar-refractivity contribution in [3.8, 4) is 0 Å². The zero-order chi connectivity index (χ0) is 91.6. The highest BCUT2D eigenvalue weighted by Gasteiger charge is 2.60. The summed E-state index contributed by atoms with van der Waals surface area (Å²) >= 11 is 0. The third-order valence-electron chi connectivity index (χ3n) is 23.7. The van der Waals surface area contributed by atoms with Crippen molar-refractivity contribution in [3.63, 3.8) is 0 Å². The minimum absolute atomic E-state index is 0.0309. The summed E-state index contributed by atoms with van der Waals surface area (Å²) in [4.78, 5) is 38.5. The maximum atomic E-state index is 14.5. The van der Waals surface area contributed by atoms with E-state index in [9.17, 15) is 136 Å². The van der Waals surface area contributed by atoms with Crippen LogP contribution in [0.15, 0.2) is 12.2 Å². The normalized spacial score (nSPS) is 39.2. The van der Waals surface area contributed by atoms with Crippen molar-refractivity contribution < 1.29 is 212 Å². The molecule has 7 fully saturated rings. The first-order chi connectivity index (χ1) is 59.7. The van der Waals surface area contributed by atoms with Gasteiger partial charge >= 0.3 is 19.8 Å². The number of carbonyl (C=O) groups excluding carboxylic acids is 2. The Kier molecular flexibility index (Phi) is 49.5. The largest absolute Gasteiger partial charge is 0.472 e. The minimum atomic E-state index is -5.89. The lowest BCUT2D eigenvalue weighted by molar-refractivity contribution is -0.365. The van der Waals surface area contributed by atoms with E-state index in [-0.39, 0.29) is 12.8 Å². The topological polar surface area (TPSA) is 684 Å². The molecule has 16 unspecified atom stereocenters. The highest BCUT2D eigenvalue weighted by Crippen LogP contribution is 2.49. The number of allylic oxidation sites excluding steroid dienone is 2. The van der Waals surface area contributed by atoms with E-state index in [1.807, 2.05) is 0 Å². The molecule has 0 aromatic heterocycles. The van der Waals surface area contributed by atoms with E-state index in [2.05, 4.69) is 26.0 Å². The van der Waals surface area contributed by atoms with E-state index in [0.717, 1.165) is 70.6 Å². The van der Waals surface area contributed by atoms with Crippen LogP contribution in [-0.2, 0) is 89.5 Å². The van der Waals surface area contributed by atoms with Gasteiger partial charge in [0.2, 0.25) is 0 Å². The molecular weight excluding hydrogens is 1690 g/mol. The fraction of sp³-hybridized carbons (Fsp3) is 0.951. The Hall–Kier alpha value is -2.61. The number of aliphatic hydroxyl groups is 23. The van der Waals surface area contributed by atoms with Crippen molar-refractivity contribution in [2.75, 3.05) is 52.9 Å². The Labute approximate surface area is 727 Å². The Morgan fingerprint density at radius 1 is 0.312 bits per heavy atom. The van der Waals surface area contributed by atoms with Crippen molar-refractivity contribution >= 4 is 19.8 Å². The van der Waals surface area contributed by atoms with Gasteiger partial charge in [0.05, 0.1) is 46.2 Å². The first-order valence-corrected chi connectivity index (χ1v) is 46.1. The molecule has 43 nitrogen and oxygen atoms in total. The molecule has 1 aliphatic carbocycles. The van der Waals surface area contributed by atoms with Crippen LogP contribution >= 0.6 is 7.82 Å². The van der Waals surface area contributed by atoms with Crippen LogP contribution in [0.4, 0.5) is 0 Å². The van der Waals surface area contributed by atoms with Crippen LogP contribution in [-0.4, -0.2) is 414 Å². The molecule has 7 rings (SSSR count). The molecule has 0 bridgehead atoms. The van der Waals surface area contributed by atoms with Crippen LogP contribution in [0.5, 0.6) is 0 Å². The first-order valence-electron chi connectivity index (χ1n) is 44.6. The van der Waals surface area contributed by atoms with Gasteiger partial charge in [-0.05, 0) is 38.5 Å². The smallest absolute Gasteiger partial charge is 0.462 e. The van der Waals surface area contributed by atoms with Crippen LogP contribution in [0.1, 0.15) is 206 Å². The average molecular weight is 1840 g/mol. The summed E-state index contributed by atoms with van der Waals surface area (Å²) in [5.41, 5.74) is 0. The molecule has 6 aliphatic heterocycles. The highest BCUT2D eigenvalue weighted by atomic mass is 31.2. The van der Waals surface area contributed by atoms with E-state index < -0.39 is 300 Å². The second-order valence-corrected chi connectivity index (χ2v) is 35.0. The van der Waals surface area contributed by atoms with Gasteiger partial charge < -0.3 is 189 Å². The number of rotatable bonds is 57. The van der Waals surface area contributed by atoms with Gasteiger partial charge in [0.25, 0.3) is 0 Å². The molecular formula is C81H145O43P. The lowest BCUT2D eigenvalue weighted by Gasteiger charge is -2.49. The van der Waals surface area contributed by atoms with Crippen molar-refractivity contribution in [2.24, 2.45) is 0 Å². The Bertz CT molecular complexity index is 3010. The van der Waals surface area contributed by atoms with Crippen LogP contribution in [0, 0.1) is 0 Å². The van der Waals surface area contributed by atoms with Gasteiger partial charge in [-0.15, -0.1) is 0 Å². The fourth-order valence-electron chi connectivity index (χ4n) is 15.8. The number of hydrogen-bond acceptors (Lipinski definition) is 42. The molecule has 38 atom stereocenters. The number of esters is 2. The number of carbonyl (C=O) groups is 2. The van der Waals surface area contributed by atoms with Gasteiger partial charge in [0.1, 0.15) is 190 Å². The summed E-state index contributed by atoms with van der Waals surface area (Å²) < 4.78 is 104. The van der Waals surface area contributed by atoms with Gasteiger partial charge in [-0.3, -0.25) is 18.6 Å². The van der Waals surface area contributed by atoms with Crippen molar-refractivity contribution in [2.45, 2.75) is 433 Å². The van der Waals surface area contributed by atoms with Gasteiger partial charge in [-0.1, -0.05) is 167 Å². The molecule has 0 aromatic carbocycles. The summed E-state index contributed by atoms with van der Waals surface area (Å²) in [6.07, 6.45) is -43.7. The zero-order valence-electron chi connectivity index (χ0n) is 71.3. The maximum absolute atomic E-state index is 14.5. The molecule has 6 saturated heterocycles. The molecule has 0 radical (unpaired) electrons. The van der Waals surface area contributed by atoms with Crippen LogP contribution in [0.3, 0.4) is 0 Å². The summed E-state index contributed by atoms with van der Waals surface area (Å²) in [5.74, 6) is -1.50. The van der Waals surface area contributed by atoms with Gasteiger partial charge in [-0.25, -0.2) is 4.57 Å².